The molecule has 2 saturated heterocycles. The van der Waals surface area contributed by atoms with Gasteiger partial charge in [-0.2, -0.15) is 17.7 Å². The maximum Gasteiger partial charge on any atom is 0.453 e. The van der Waals surface area contributed by atoms with Crippen LogP contribution in [0.5, 0.6) is 0 Å². The Morgan fingerprint density at radius 3 is 2.44 bits per heavy atom. The Morgan fingerprint density at radius 2 is 1.80 bits per heavy atom. The van der Waals surface area contributed by atoms with E-state index in [0.717, 1.165) is 50.3 Å². The lowest BCUT2D eigenvalue weighted by Gasteiger charge is -2.48. The first-order chi connectivity index (χ1) is 12.0. The molecule has 25 heavy (non-hydrogen) atoms. The Balaban J connectivity index is 1.44. The van der Waals surface area contributed by atoms with Crippen LogP contribution in [-0.2, 0) is 6.18 Å². The molecule has 0 atom stereocenters. The van der Waals surface area contributed by atoms with Crippen LogP contribution < -0.4 is 4.90 Å². The Kier molecular flexibility index (Phi) is 4.03. The molecule has 136 valence electrons. The van der Waals surface area contributed by atoms with E-state index in [1.807, 2.05) is 4.90 Å². The summed E-state index contributed by atoms with van der Waals surface area (Å²) < 4.78 is 39.7. The number of likely N-dealkylation sites (N-methyl/N-ethyl adjacent to an activating group) is 1. The van der Waals surface area contributed by atoms with Crippen LogP contribution in [0.15, 0.2) is 12.1 Å². The molecular formula is C15H20F3N7. The van der Waals surface area contributed by atoms with E-state index in [2.05, 4.69) is 32.0 Å². The second-order valence-corrected chi connectivity index (χ2v) is 6.51. The molecule has 0 saturated carbocycles. The minimum atomic E-state index is -4.57. The lowest BCUT2D eigenvalue weighted by Crippen LogP contribution is -2.63. The van der Waals surface area contributed by atoms with Gasteiger partial charge >= 0.3 is 6.18 Å². The van der Waals surface area contributed by atoms with Crippen LogP contribution in [0.3, 0.4) is 0 Å². The zero-order valence-electron chi connectivity index (χ0n) is 13.9. The van der Waals surface area contributed by atoms with Crippen molar-refractivity contribution in [2.75, 3.05) is 50.7 Å². The molecule has 2 aliphatic heterocycles. The zero-order valence-corrected chi connectivity index (χ0v) is 13.9. The summed E-state index contributed by atoms with van der Waals surface area (Å²) in [7, 11) is 0. The minimum Gasteiger partial charge on any atom is -0.352 e. The second-order valence-electron chi connectivity index (χ2n) is 6.51. The van der Waals surface area contributed by atoms with Crippen LogP contribution in [0.4, 0.5) is 19.0 Å². The van der Waals surface area contributed by atoms with Gasteiger partial charge in [0.25, 0.3) is 5.82 Å². The summed E-state index contributed by atoms with van der Waals surface area (Å²) in [5.41, 5.74) is 0.101. The van der Waals surface area contributed by atoms with Crippen LogP contribution in [0.2, 0.25) is 0 Å². The fraction of sp³-hybridized carbons (Fsp3) is 0.667. The van der Waals surface area contributed by atoms with Gasteiger partial charge < -0.3 is 9.80 Å². The number of rotatable bonds is 3. The molecule has 0 spiro atoms. The SMILES string of the molecule is CCN1CCN(C2CN(c3ccc4nnc(C(F)(F)F)n4n3)C2)CC1. The van der Waals surface area contributed by atoms with Crippen molar-refractivity contribution in [3.05, 3.63) is 18.0 Å². The predicted octanol–water partition coefficient (Wildman–Crippen LogP) is 0.969. The molecule has 0 bridgehead atoms. The Morgan fingerprint density at radius 1 is 1.08 bits per heavy atom. The van der Waals surface area contributed by atoms with E-state index in [4.69, 9.17) is 0 Å². The number of nitrogens with zero attached hydrogens (tertiary/aromatic N) is 7. The average Bonchev–Trinajstić information content (AvgIpc) is 2.97. The van der Waals surface area contributed by atoms with Gasteiger partial charge in [0.05, 0.1) is 0 Å². The van der Waals surface area contributed by atoms with E-state index in [9.17, 15) is 13.2 Å². The molecule has 4 heterocycles. The molecule has 2 aromatic rings. The Labute approximate surface area is 143 Å². The molecule has 0 aromatic carbocycles. The van der Waals surface area contributed by atoms with Crippen molar-refractivity contribution in [2.45, 2.75) is 19.1 Å². The summed E-state index contributed by atoms with van der Waals surface area (Å²) in [6.45, 7) is 9.06. The number of hydrogen-bond acceptors (Lipinski definition) is 6. The predicted molar refractivity (Wildman–Crippen MR) is 85.5 cm³/mol. The van der Waals surface area contributed by atoms with Gasteiger partial charge in [-0.25, -0.2) is 0 Å². The lowest BCUT2D eigenvalue weighted by molar-refractivity contribution is -0.146. The van der Waals surface area contributed by atoms with E-state index >= 15 is 0 Å². The van der Waals surface area contributed by atoms with Crippen LogP contribution in [0.25, 0.3) is 5.65 Å². The number of hydrogen-bond donors (Lipinski definition) is 0. The van der Waals surface area contributed by atoms with Crippen molar-refractivity contribution in [1.29, 1.82) is 0 Å². The minimum absolute atomic E-state index is 0.101. The van der Waals surface area contributed by atoms with Crippen molar-refractivity contribution in [3.8, 4) is 0 Å². The van der Waals surface area contributed by atoms with Crippen molar-refractivity contribution < 1.29 is 13.2 Å². The normalized spacial score (nSPS) is 21.0. The van der Waals surface area contributed by atoms with Crippen molar-refractivity contribution in [3.63, 3.8) is 0 Å². The molecule has 0 aliphatic carbocycles. The quantitative estimate of drug-likeness (QED) is 0.818. The zero-order chi connectivity index (χ0) is 17.6. The standard InChI is InChI=1S/C15H20F3N7/c1-2-22-5-7-23(8-6-22)11-9-24(10-11)13-4-3-12-19-20-14(15(16,17)18)25(12)21-13/h3-4,11H,2,5-10H2,1H3. The van der Waals surface area contributed by atoms with Gasteiger partial charge in [-0.3, -0.25) is 4.90 Å². The first-order valence-corrected chi connectivity index (χ1v) is 8.46. The molecule has 0 radical (unpaired) electrons. The summed E-state index contributed by atoms with van der Waals surface area (Å²) in [6.07, 6.45) is -4.57. The molecular weight excluding hydrogens is 335 g/mol. The molecule has 0 amide bonds. The molecule has 4 rings (SSSR count). The van der Waals surface area contributed by atoms with Crippen LogP contribution in [-0.4, -0.2) is 81.5 Å². The van der Waals surface area contributed by atoms with Crippen molar-refractivity contribution >= 4 is 11.5 Å². The fourth-order valence-electron chi connectivity index (χ4n) is 3.44. The van der Waals surface area contributed by atoms with Crippen molar-refractivity contribution in [1.82, 2.24) is 29.6 Å². The van der Waals surface area contributed by atoms with E-state index in [1.165, 1.54) is 6.07 Å². The maximum atomic E-state index is 13.0. The number of piperazine rings is 1. The first-order valence-electron chi connectivity index (χ1n) is 8.46. The first kappa shape index (κ1) is 16.5. The van der Waals surface area contributed by atoms with Gasteiger partial charge in [0.1, 0.15) is 5.82 Å². The third kappa shape index (κ3) is 3.04. The molecule has 2 aromatic heterocycles. The number of halogens is 3. The third-order valence-corrected chi connectivity index (χ3v) is 5.06. The van der Waals surface area contributed by atoms with E-state index in [1.54, 1.807) is 6.07 Å². The highest BCUT2D eigenvalue weighted by Gasteiger charge is 2.38. The number of fused-ring (bicyclic) bond motifs is 1. The van der Waals surface area contributed by atoms with E-state index < -0.39 is 12.0 Å². The summed E-state index contributed by atoms with van der Waals surface area (Å²) in [4.78, 5) is 6.88. The van der Waals surface area contributed by atoms with E-state index in [-0.39, 0.29) is 5.65 Å². The van der Waals surface area contributed by atoms with Gasteiger partial charge in [0.2, 0.25) is 0 Å². The van der Waals surface area contributed by atoms with Crippen LogP contribution in [0, 0.1) is 0 Å². The summed E-state index contributed by atoms with van der Waals surface area (Å²) in [5.74, 6) is -0.557. The summed E-state index contributed by atoms with van der Waals surface area (Å²) in [6, 6.07) is 3.67. The van der Waals surface area contributed by atoms with Crippen LogP contribution in [0.1, 0.15) is 12.7 Å². The molecule has 0 unspecified atom stereocenters. The number of aromatic nitrogens is 4. The summed E-state index contributed by atoms with van der Waals surface area (Å²) >= 11 is 0. The molecule has 2 aliphatic rings. The van der Waals surface area contributed by atoms with Gasteiger partial charge in [-0.15, -0.1) is 15.3 Å². The highest BCUT2D eigenvalue weighted by molar-refractivity contribution is 5.48. The number of alkyl halides is 3. The second kappa shape index (κ2) is 6.10. The van der Waals surface area contributed by atoms with Crippen molar-refractivity contribution in [2.24, 2.45) is 0 Å². The molecule has 7 nitrogen and oxygen atoms in total. The van der Waals surface area contributed by atoms with Gasteiger partial charge in [0.15, 0.2) is 5.65 Å². The molecule has 2 fully saturated rings. The largest absolute Gasteiger partial charge is 0.453 e. The van der Waals surface area contributed by atoms with Gasteiger partial charge in [-0.1, -0.05) is 6.92 Å². The highest BCUT2D eigenvalue weighted by atomic mass is 19.4. The van der Waals surface area contributed by atoms with Gasteiger partial charge in [-0.05, 0) is 18.7 Å². The smallest absolute Gasteiger partial charge is 0.352 e. The highest BCUT2D eigenvalue weighted by Crippen LogP contribution is 2.29. The monoisotopic (exact) mass is 355 g/mol. The Hall–Kier alpha value is -1.94. The molecule has 10 heteroatoms. The lowest BCUT2D eigenvalue weighted by atomic mass is 10.1. The van der Waals surface area contributed by atoms with Crippen LogP contribution >= 0.6 is 0 Å². The maximum absolute atomic E-state index is 13.0. The fourth-order valence-corrected chi connectivity index (χ4v) is 3.44. The topological polar surface area (TPSA) is 52.8 Å². The van der Waals surface area contributed by atoms with E-state index in [0.29, 0.717) is 11.9 Å². The molecule has 0 N–H and O–H groups in total. The Bertz CT molecular complexity index is 745. The summed E-state index contributed by atoms with van der Waals surface area (Å²) in [5, 5.41) is 10.8. The van der Waals surface area contributed by atoms with Gasteiger partial charge in [0, 0.05) is 45.3 Å². The third-order valence-electron chi connectivity index (χ3n) is 5.06. The average molecular weight is 355 g/mol. The number of anilines is 1.